The Kier molecular flexibility index (Phi) is 3.88. The zero-order valence-corrected chi connectivity index (χ0v) is 16.6. The van der Waals surface area contributed by atoms with Crippen LogP contribution in [-0.2, 0) is 15.1 Å². The van der Waals surface area contributed by atoms with Gasteiger partial charge in [-0.05, 0) is 60.3 Å². The molecule has 5 fully saturated rings. The molecule has 0 aromatic carbocycles. The van der Waals surface area contributed by atoms with Crippen LogP contribution in [0.3, 0.4) is 0 Å². The highest BCUT2D eigenvalue weighted by Gasteiger charge is 2.63. The first-order valence-corrected chi connectivity index (χ1v) is 10.3. The maximum atomic E-state index is 13.5. The highest BCUT2D eigenvalue weighted by Crippen LogP contribution is 2.65. The number of nitrogens with zero attached hydrogens (tertiary/aromatic N) is 5. The van der Waals surface area contributed by atoms with Crippen molar-refractivity contribution in [1.82, 2.24) is 19.7 Å². The molecule has 1 amide bonds. The number of halogens is 1. The van der Waals surface area contributed by atoms with Crippen molar-refractivity contribution in [2.24, 2.45) is 17.3 Å². The zero-order valence-electron chi connectivity index (χ0n) is 15.0. The molecule has 2 heterocycles. The molecule has 4 bridgehead atoms. The van der Waals surface area contributed by atoms with Crippen molar-refractivity contribution in [2.75, 3.05) is 26.3 Å². The van der Waals surface area contributed by atoms with Gasteiger partial charge in [-0.25, -0.2) is 0 Å². The summed E-state index contributed by atoms with van der Waals surface area (Å²) in [7, 11) is 0. The van der Waals surface area contributed by atoms with Gasteiger partial charge < -0.3 is 19.8 Å². The minimum Gasteiger partial charge on any atom is -0.390 e. The first-order valence-electron chi connectivity index (χ1n) is 9.55. The molecular formula is C17H22BrN5O4. The van der Waals surface area contributed by atoms with Gasteiger partial charge in [0.25, 0.3) is 4.73 Å². The summed E-state index contributed by atoms with van der Waals surface area (Å²) in [6.07, 6.45) is 5.53. The molecular weight excluding hydrogens is 418 g/mol. The van der Waals surface area contributed by atoms with E-state index in [9.17, 15) is 14.9 Å². The third kappa shape index (κ3) is 2.63. The number of hydrogen-bond donors (Lipinski definition) is 0. The van der Waals surface area contributed by atoms with Crippen molar-refractivity contribution in [3.63, 3.8) is 0 Å². The normalized spacial score (nSPS) is 37.6. The minimum absolute atomic E-state index is 0.245. The molecule has 5 aliphatic rings. The van der Waals surface area contributed by atoms with Crippen LogP contribution in [0.4, 0.5) is 5.95 Å². The molecule has 1 aromatic heterocycles. The molecule has 0 N–H and O–H groups in total. The summed E-state index contributed by atoms with van der Waals surface area (Å²) in [5, 5.41) is 15.4. The van der Waals surface area contributed by atoms with Crippen LogP contribution in [0, 0.1) is 27.4 Å². The maximum Gasteiger partial charge on any atom is 0.492 e. The summed E-state index contributed by atoms with van der Waals surface area (Å²) in [5.41, 5.74) is -0.728. The summed E-state index contributed by atoms with van der Waals surface area (Å²) in [5.74, 6) is 0.791. The Morgan fingerprint density at radius 1 is 1.22 bits per heavy atom. The van der Waals surface area contributed by atoms with Gasteiger partial charge in [0.15, 0.2) is 0 Å². The predicted molar refractivity (Wildman–Crippen MR) is 96.9 cm³/mol. The molecule has 4 atom stereocenters. The molecule has 1 aliphatic heterocycles. The highest BCUT2D eigenvalue weighted by molar-refractivity contribution is 9.10. The Bertz CT molecular complexity index is 791. The Morgan fingerprint density at radius 3 is 2.48 bits per heavy atom. The standard InChI is InChI=1S/C17H22BrN5O4/c18-14-19-15(23(25)26)20-22(14)17-8-11-5-12(9-17)7-16(6-11,10-17)13(24)21-1-3-27-4-2-21/h11-12H,1-10H2/t11-,12+,16?,17?. The average molecular weight is 440 g/mol. The average Bonchev–Trinajstić information content (AvgIpc) is 3.04. The lowest BCUT2D eigenvalue weighted by Crippen LogP contribution is -2.62. The van der Waals surface area contributed by atoms with Crippen molar-refractivity contribution < 1.29 is 14.5 Å². The lowest BCUT2D eigenvalue weighted by atomic mass is 9.46. The van der Waals surface area contributed by atoms with Crippen molar-refractivity contribution in [3.8, 4) is 0 Å². The van der Waals surface area contributed by atoms with Gasteiger partial charge in [-0.2, -0.15) is 4.68 Å². The molecule has 6 rings (SSSR count). The van der Waals surface area contributed by atoms with Gasteiger partial charge in [-0.15, -0.1) is 0 Å². The fraction of sp³-hybridized carbons (Fsp3) is 0.824. The molecule has 1 aromatic rings. The van der Waals surface area contributed by atoms with Gasteiger partial charge in [-0.1, -0.05) is 0 Å². The number of amides is 1. The van der Waals surface area contributed by atoms with E-state index >= 15 is 0 Å². The lowest BCUT2D eigenvalue weighted by Gasteiger charge is -2.61. The van der Waals surface area contributed by atoms with E-state index < -0.39 is 4.92 Å². The van der Waals surface area contributed by atoms with E-state index in [1.165, 1.54) is 0 Å². The molecule has 1 saturated heterocycles. The van der Waals surface area contributed by atoms with Crippen LogP contribution in [-0.4, -0.2) is 56.8 Å². The van der Waals surface area contributed by atoms with Crippen LogP contribution in [0.15, 0.2) is 4.73 Å². The van der Waals surface area contributed by atoms with Crippen LogP contribution in [0.2, 0.25) is 0 Å². The van der Waals surface area contributed by atoms with Crippen LogP contribution < -0.4 is 0 Å². The van der Waals surface area contributed by atoms with Crippen LogP contribution in [0.25, 0.3) is 0 Å². The summed E-state index contributed by atoms with van der Waals surface area (Å²) >= 11 is 3.38. The highest BCUT2D eigenvalue weighted by atomic mass is 79.9. The molecule has 4 aliphatic carbocycles. The van der Waals surface area contributed by atoms with Gasteiger partial charge in [0, 0.05) is 34.1 Å². The van der Waals surface area contributed by atoms with Crippen molar-refractivity contribution >= 4 is 27.8 Å². The van der Waals surface area contributed by atoms with Gasteiger partial charge in [0.05, 0.1) is 24.2 Å². The molecule has 9 nitrogen and oxygen atoms in total. The second kappa shape index (κ2) is 5.97. The van der Waals surface area contributed by atoms with E-state index in [1.54, 1.807) is 4.68 Å². The fourth-order valence-corrected chi connectivity index (χ4v) is 7.09. The molecule has 4 saturated carbocycles. The summed E-state index contributed by atoms with van der Waals surface area (Å²) in [6, 6.07) is 0. The number of aromatic nitrogens is 3. The van der Waals surface area contributed by atoms with Gasteiger partial charge in [-0.3, -0.25) is 4.79 Å². The number of ether oxygens (including phenoxy) is 1. The minimum atomic E-state index is -0.559. The zero-order chi connectivity index (χ0) is 18.8. The summed E-state index contributed by atoms with van der Waals surface area (Å²) in [4.78, 5) is 30.1. The third-order valence-electron chi connectivity index (χ3n) is 6.95. The van der Waals surface area contributed by atoms with Gasteiger partial charge in [0.2, 0.25) is 5.91 Å². The fourth-order valence-electron chi connectivity index (χ4n) is 6.48. The topological polar surface area (TPSA) is 103 Å². The van der Waals surface area contributed by atoms with Gasteiger partial charge in [0.1, 0.15) is 0 Å². The molecule has 146 valence electrons. The molecule has 10 heteroatoms. The van der Waals surface area contributed by atoms with Crippen molar-refractivity contribution in [3.05, 3.63) is 14.8 Å². The molecule has 27 heavy (non-hydrogen) atoms. The summed E-state index contributed by atoms with van der Waals surface area (Å²) in [6.45, 7) is 2.50. The number of rotatable bonds is 3. The van der Waals surface area contributed by atoms with E-state index in [1.807, 2.05) is 4.90 Å². The number of hydrogen-bond acceptors (Lipinski definition) is 6. The second-order valence-corrected chi connectivity index (χ2v) is 9.43. The smallest absolute Gasteiger partial charge is 0.390 e. The van der Waals surface area contributed by atoms with E-state index in [0.29, 0.717) is 49.3 Å². The molecule has 0 spiro atoms. The predicted octanol–water partition coefficient (Wildman–Crippen LogP) is 2.10. The monoisotopic (exact) mass is 439 g/mol. The Hall–Kier alpha value is -1.55. The van der Waals surface area contributed by atoms with E-state index in [0.717, 1.165) is 32.1 Å². The van der Waals surface area contributed by atoms with Crippen molar-refractivity contribution in [1.29, 1.82) is 0 Å². The number of carbonyl (C=O) groups excluding carboxylic acids is 1. The SMILES string of the molecule is O=C(N1CCOCC1)C12C[C@H]3C[C@@H](C1)CC(n1nc([N+](=O)[O-])nc1Br)(C3)C2. The van der Waals surface area contributed by atoms with Crippen LogP contribution in [0.5, 0.6) is 0 Å². The maximum absolute atomic E-state index is 13.5. The largest absolute Gasteiger partial charge is 0.492 e. The third-order valence-corrected chi connectivity index (χ3v) is 7.46. The van der Waals surface area contributed by atoms with Crippen LogP contribution >= 0.6 is 15.9 Å². The number of morpholine rings is 1. The molecule has 2 unspecified atom stereocenters. The van der Waals surface area contributed by atoms with E-state index in [-0.39, 0.29) is 22.8 Å². The number of nitro groups is 1. The Morgan fingerprint density at radius 2 is 1.89 bits per heavy atom. The Balaban J connectivity index is 1.52. The van der Waals surface area contributed by atoms with E-state index in [4.69, 9.17) is 4.74 Å². The summed E-state index contributed by atoms with van der Waals surface area (Å²) < 4.78 is 7.52. The lowest BCUT2D eigenvalue weighted by molar-refractivity contribution is -0.394. The first kappa shape index (κ1) is 17.5. The Labute approximate surface area is 164 Å². The second-order valence-electron chi connectivity index (χ2n) is 8.72. The van der Waals surface area contributed by atoms with Gasteiger partial charge >= 0.3 is 5.95 Å². The first-order chi connectivity index (χ1) is 12.9. The van der Waals surface area contributed by atoms with Crippen molar-refractivity contribution in [2.45, 2.75) is 44.1 Å². The molecule has 0 radical (unpaired) electrons. The number of carbonyl (C=O) groups is 1. The quantitative estimate of drug-likeness (QED) is 0.527. The van der Waals surface area contributed by atoms with E-state index in [2.05, 4.69) is 26.0 Å². The van der Waals surface area contributed by atoms with Crippen LogP contribution in [0.1, 0.15) is 38.5 Å².